The molecule has 1 amide bonds. The summed E-state index contributed by atoms with van der Waals surface area (Å²) < 4.78 is 22.6. The predicted molar refractivity (Wildman–Crippen MR) is 62.7 cm³/mol. The highest BCUT2D eigenvalue weighted by Gasteiger charge is 2.41. The van der Waals surface area contributed by atoms with E-state index < -0.39 is 14.6 Å². The lowest BCUT2D eigenvalue weighted by Gasteiger charge is -2.38. The first-order valence-corrected chi connectivity index (χ1v) is 7.07. The van der Waals surface area contributed by atoms with Gasteiger partial charge in [-0.3, -0.25) is 4.79 Å². The Morgan fingerprint density at radius 3 is 2.50 bits per heavy atom. The van der Waals surface area contributed by atoms with E-state index in [-0.39, 0.29) is 30.7 Å². The van der Waals surface area contributed by atoms with Crippen LogP contribution in [-0.2, 0) is 14.6 Å². The number of nitrogens with two attached hydrogens (primary N) is 1. The van der Waals surface area contributed by atoms with Crippen LogP contribution in [0.15, 0.2) is 0 Å². The standard InChI is InChI=1S/C10H20N2O3S/c1-8(6-11)9(13)12-4-5-16(14,15)10(2,3)7-12/h8H,4-7,11H2,1-3H3. The molecule has 5 nitrogen and oxygen atoms in total. The van der Waals surface area contributed by atoms with Gasteiger partial charge in [-0.15, -0.1) is 0 Å². The van der Waals surface area contributed by atoms with Gasteiger partial charge >= 0.3 is 0 Å². The van der Waals surface area contributed by atoms with E-state index in [0.29, 0.717) is 6.54 Å². The van der Waals surface area contributed by atoms with Crippen LogP contribution in [-0.4, -0.2) is 49.4 Å². The summed E-state index contributed by atoms with van der Waals surface area (Å²) in [6.45, 7) is 5.93. The minimum absolute atomic E-state index is 0.0447. The predicted octanol–water partition coefficient (Wildman–Crippen LogP) is -0.383. The number of amides is 1. The fraction of sp³-hybridized carbons (Fsp3) is 0.900. The van der Waals surface area contributed by atoms with Crippen LogP contribution in [0.25, 0.3) is 0 Å². The minimum atomic E-state index is -3.08. The van der Waals surface area contributed by atoms with Crippen molar-refractivity contribution in [1.29, 1.82) is 0 Å². The van der Waals surface area contributed by atoms with Crippen molar-refractivity contribution in [2.24, 2.45) is 11.7 Å². The Bertz CT molecular complexity index is 376. The highest BCUT2D eigenvalue weighted by molar-refractivity contribution is 7.92. The first kappa shape index (κ1) is 13.4. The van der Waals surface area contributed by atoms with Gasteiger partial charge in [-0.25, -0.2) is 8.42 Å². The minimum Gasteiger partial charge on any atom is -0.340 e. The first-order valence-electron chi connectivity index (χ1n) is 5.42. The molecule has 1 fully saturated rings. The molecule has 0 bridgehead atoms. The molecule has 1 saturated heterocycles. The first-order chi connectivity index (χ1) is 7.21. The second-order valence-electron chi connectivity index (χ2n) is 4.98. The lowest BCUT2D eigenvalue weighted by atomic mass is 10.1. The number of carbonyl (C=O) groups is 1. The van der Waals surface area contributed by atoms with Crippen LogP contribution < -0.4 is 5.73 Å². The third-order valence-corrected chi connectivity index (χ3v) is 5.66. The van der Waals surface area contributed by atoms with E-state index in [1.165, 1.54) is 0 Å². The average Bonchev–Trinajstić information content (AvgIpc) is 2.20. The van der Waals surface area contributed by atoms with Crippen LogP contribution in [0.3, 0.4) is 0 Å². The van der Waals surface area contributed by atoms with E-state index in [0.717, 1.165) is 0 Å². The van der Waals surface area contributed by atoms with Gasteiger partial charge in [0, 0.05) is 25.6 Å². The monoisotopic (exact) mass is 248 g/mol. The Labute approximate surface area is 96.9 Å². The SMILES string of the molecule is CC(CN)C(=O)N1CCS(=O)(=O)C(C)(C)C1. The lowest BCUT2D eigenvalue weighted by Crippen LogP contribution is -2.56. The van der Waals surface area contributed by atoms with Crippen molar-refractivity contribution in [2.75, 3.05) is 25.4 Å². The zero-order valence-electron chi connectivity index (χ0n) is 10.1. The van der Waals surface area contributed by atoms with Gasteiger partial charge in [0.15, 0.2) is 9.84 Å². The molecule has 2 N–H and O–H groups in total. The largest absolute Gasteiger partial charge is 0.340 e. The molecule has 0 aromatic carbocycles. The van der Waals surface area contributed by atoms with E-state index in [4.69, 9.17) is 5.73 Å². The maximum Gasteiger partial charge on any atom is 0.226 e. The van der Waals surface area contributed by atoms with Crippen molar-refractivity contribution in [3.8, 4) is 0 Å². The van der Waals surface area contributed by atoms with Crippen molar-refractivity contribution in [2.45, 2.75) is 25.5 Å². The second kappa shape index (κ2) is 4.33. The summed E-state index contributed by atoms with van der Waals surface area (Å²) in [6, 6.07) is 0. The van der Waals surface area contributed by atoms with Crippen molar-refractivity contribution in [3.05, 3.63) is 0 Å². The fourth-order valence-electron chi connectivity index (χ4n) is 1.74. The molecule has 6 heteroatoms. The zero-order valence-corrected chi connectivity index (χ0v) is 10.9. The summed E-state index contributed by atoms with van der Waals surface area (Å²) >= 11 is 0. The van der Waals surface area contributed by atoms with Gasteiger partial charge in [0.25, 0.3) is 0 Å². The van der Waals surface area contributed by atoms with E-state index in [1.54, 1.807) is 25.7 Å². The molecule has 94 valence electrons. The van der Waals surface area contributed by atoms with Crippen molar-refractivity contribution < 1.29 is 13.2 Å². The van der Waals surface area contributed by atoms with Crippen molar-refractivity contribution in [1.82, 2.24) is 4.90 Å². The normalized spacial score (nSPS) is 25.1. The van der Waals surface area contributed by atoms with Crippen LogP contribution in [0.4, 0.5) is 0 Å². The molecule has 1 unspecified atom stereocenters. The molecule has 1 rings (SSSR count). The number of carbonyl (C=O) groups excluding carboxylic acids is 1. The van der Waals surface area contributed by atoms with Gasteiger partial charge in [-0.1, -0.05) is 6.92 Å². The number of sulfone groups is 1. The Morgan fingerprint density at radius 1 is 1.50 bits per heavy atom. The van der Waals surface area contributed by atoms with Crippen LogP contribution in [0.5, 0.6) is 0 Å². The van der Waals surface area contributed by atoms with Crippen LogP contribution in [0.2, 0.25) is 0 Å². The molecule has 1 atom stereocenters. The van der Waals surface area contributed by atoms with E-state index >= 15 is 0 Å². The maximum absolute atomic E-state index is 11.9. The Hall–Kier alpha value is -0.620. The van der Waals surface area contributed by atoms with Gasteiger partial charge in [0.1, 0.15) is 0 Å². The highest BCUT2D eigenvalue weighted by Crippen LogP contribution is 2.24. The van der Waals surface area contributed by atoms with Gasteiger partial charge < -0.3 is 10.6 Å². The van der Waals surface area contributed by atoms with Crippen LogP contribution in [0.1, 0.15) is 20.8 Å². The molecular weight excluding hydrogens is 228 g/mol. The summed E-state index contributed by atoms with van der Waals surface area (Å²) in [5.74, 6) is -0.245. The molecule has 1 aliphatic rings. The topological polar surface area (TPSA) is 80.5 Å². The third-order valence-electron chi connectivity index (χ3n) is 3.13. The zero-order chi connectivity index (χ0) is 12.6. The molecular formula is C10H20N2O3S. The molecule has 1 aliphatic heterocycles. The number of hydrogen-bond acceptors (Lipinski definition) is 4. The molecule has 0 spiro atoms. The quantitative estimate of drug-likeness (QED) is 0.722. The van der Waals surface area contributed by atoms with Crippen LogP contribution in [0, 0.1) is 5.92 Å². The number of hydrogen-bond donors (Lipinski definition) is 1. The summed E-state index contributed by atoms with van der Waals surface area (Å²) in [6.07, 6.45) is 0. The highest BCUT2D eigenvalue weighted by atomic mass is 32.2. The molecule has 0 aliphatic carbocycles. The van der Waals surface area contributed by atoms with Gasteiger partial charge in [-0.2, -0.15) is 0 Å². The van der Waals surface area contributed by atoms with Crippen molar-refractivity contribution >= 4 is 15.7 Å². The summed E-state index contributed by atoms with van der Waals surface area (Å²) in [4.78, 5) is 13.5. The Balaban J connectivity index is 2.81. The molecule has 0 saturated carbocycles. The second-order valence-corrected chi connectivity index (χ2v) is 7.72. The van der Waals surface area contributed by atoms with E-state index in [1.807, 2.05) is 0 Å². The molecule has 1 heterocycles. The molecule has 0 radical (unpaired) electrons. The number of rotatable bonds is 2. The average molecular weight is 248 g/mol. The summed E-state index contributed by atoms with van der Waals surface area (Å²) in [7, 11) is -3.08. The fourth-order valence-corrected chi connectivity index (χ4v) is 3.11. The van der Waals surface area contributed by atoms with E-state index in [2.05, 4.69) is 0 Å². The van der Waals surface area contributed by atoms with Crippen LogP contribution >= 0.6 is 0 Å². The molecule has 16 heavy (non-hydrogen) atoms. The summed E-state index contributed by atoms with van der Waals surface area (Å²) in [5.41, 5.74) is 5.43. The summed E-state index contributed by atoms with van der Waals surface area (Å²) in [5, 5.41) is 0. The van der Waals surface area contributed by atoms with Gasteiger partial charge in [0.2, 0.25) is 5.91 Å². The smallest absolute Gasteiger partial charge is 0.226 e. The van der Waals surface area contributed by atoms with Crippen molar-refractivity contribution in [3.63, 3.8) is 0 Å². The third kappa shape index (κ3) is 2.38. The molecule has 0 aromatic rings. The van der Waals surface area contributed by atoms with E-state index in [9.17, 15) is 13.2 Å². The molecule has 0 aromatic heterocycles. The Kier molecular flexibility index (Phi) is 3.64. The van der Waals surface area contributed by atoms with Gasteiger partial charge in [-0.05, 0) is 13.8 Å². The maximum atomic E-state index is 11.9. The van der Waals surface area contributed by atoms with Gasteiger partial charge in [0.05, 0.1) is 10.5 Å². The lowest BCUT2D eigenvalue weighted by molar-refractivity contribution is -0.135. The Morgan fingerprint density at radius 2 is 2.06 bits per heavy atom. The number of nitrogens with zero attached hydrogens (tertiary/aromatic N) is 1.